The monoisotopic (exact) mass is 377 g/mol. The SMILES string of the molecule is Cc1cccc(C)c1OCC(O)CNC(=O)c1cnc(-c2ccccc2)nc1. The van der Waals surface area contributed by atoms with Crippen molar-refractivity contribution in [3.63, 3.8) is 0 Å². The highest BCUT2D eigenvalue weighted by molar-refractivity contribution is 5.93. The van der Waals surface area contributed by atoms with Crippen LogP contribution in [0.5, 0.6) is 5.75 Å². The molecule has 2 aromatic carbocycles. The topological polar surface area (TPSA) is 84.3 Å². The zero-order chi connectivity index (χ0) is 19.9. The Morgan fingerprint density at radius 2 is 1.68 bits per heavy atom. The van der Waals surface area contributed by atoms with Gasteiger partial charge in [-0.05, 0) is 25.0 Å². The summed E-state index contributed by atoms with van der Waals surface area (Å²) in [6, 6.07) is 15.4. The number of amides is 1. The summed E-state index contributed by atoms with van der Waals surface area (Å²) in [6.07, 6.45) is 2.13. The van der Waals surface area contributed by atoms with E-state index in [4.69, 9.17) is 4.74 Å². The first-order valence-electron chi connectivity index (χ1n) is 9.07. The molecule has 0 saturated heterocycles. The standard InChI is InChI=1S/C22H23N3O3/c1-15-7-6-8-16(2)20(15)28-14-19(26)13-25-22(27)18-11-23-21(24-12-18)17-9-4-3-5-10-17/h3-12,19,26H,13-14H2,1-2H3,(H,25,27). The van der Waals surface area contributed by atoms with Crippen molar-refractivity contribution in [3.05, 3.63) is 77.6 Å². The third-order valence-corrected chi connectivity index (χ3v) is 4.27. The molecule has 0 bridgehead atoms. The zero-order valence-corrected chi connectivity index (χ0v) is 15.9. The Morgan fingerprint density at radius 1 is 1.04 bits per heavy atom. The summed E-state index contributed by atoms with van der Waals surface area (Å²) in [5.74, 6) is 0.975. The summed E-state index contributed by atoms with van der Waals surface area (Å²) in [6.45, 7) is 4.07. The van der Waals surface area contributed by atoms with E-state index in [1.807, 2.05) is 62.4 Å². The maximum Gasteiger partial charge on any atom is 0.254 e. The number of hydrogen-bond acceptors (Lipinski definition) is 5. The number of rotatable bonds is 7. The molecular weight excluding hydrogens is 354 g/mol. The van der Waals surface area contributed by atoms with Crippen LogP contribution in [-0.2, 0) is 0 Å². The number of nitrogens with one attached hydrogen (secondary N) is 1. The summed E-state index contributed by atoms with van der Waals surface area (Å²) in [7, 11) is 0. The van der Waals surface area contributed by atoms with E-state index in [1.165, 1.54) is 12.4 Å². The summed E-state index contributed by atoms with van der Waals surface area (Å²) >= 11 is 0. The Bertz CT molecular complexity index is 907. The van der Waals surface area contributed by atoms with E-state index in [2.05, 4.69) is 15.3 Å². The highest BCUT2D eigenvalue weighted by Gasteiger charge is 2.12. The van der Waals surface area contributed by atoms with Gasteiger partial charge in [0, 0.05) is 24.5 Å². The molecule has 1 atom stereocenters. The fourth-order valence-corrected chi connectivity index (χ4v) is 2.76. The number of hydrogen-bond donors (Lipinski definition) is 2. The Kier molecular flexibility index (Phi) is 6.34. The first-order chi connectivity index (χ1) is 13.5. The Hall–Kier alpha value is -3.25. The van der Waals surface area contributed by atoms with Crippen LogP contribution in [0.1, 0.15) is 21.5 Å². The van der Waals surface area contributed by atoms with Crippen LogP contribution in [0.3, 0.4) is 0 Å². The van der Waals surface area contributed by atoms with Crippen LogP contribution in [0.4, 0.5) is 0 Å². The van der Waals surface area contributed by atoms with Gasteiger partial charge in [0.15, 0.2) is 5.82 Å². The fourth-order valence-electron chi connectivity index (χ4n) is 2.76. The van der Waals surface area contributed by atoms with Gasteiger partial charge in [-0.15, -0.1) is 0 Å². The molecule has 6 nitrogen and oxygen atoms in total. The molecule has 0 aliphatic carbocycles. The zero-order valence-electron chi connectivity index (χ0n) is 15.9. The van der Waals surface area contributed by atoms with E-state index in [1.54, 1.807) is 0 Å². The van der Waals surface area contributed by atoms with Gasteiger partial charge >= 0.3 is 0 Å². The molecule has 1 unspecified atom stereocenters. The summed E-state index contributed by atoms with van der Waals surface area (Å²) in [5.41, 5.74) is 3.23. The smallest absolute Gasteiger partial charge is 0.254 e. The van der Waals surface area contributed by atoms with Crippen LogP contribution >= 0.6 is 0 Å². The third kappa shape index (κ3) is 4.92. The summed E-state index contributed by atoms with van der Waals surface area (Å²) in [4.78, 5) is 20.7. The van der Waals surface area contributed by atoms with E-state index in [0.717, 1.165) is 22.4 Å². The first kappa shape index (κ1) is 19.5. The van der Waals surface area contributed by atoms with Crippen LogP contribution in [0.25, 0.3) is 11.4 Å². The number of para-hydroxylation sites is 1. The molecule has 0 aliphatic rings. The van der Waals surface area contributed by atoms with Gasteiger partial charge in [0.2, 0.25) is 0 Å². The minimum atomic E-state index is -0.826. The van der Waals surface area contributed by atoms with Gasteiger partial charge in [-0.1, -0.05) is 48.5 Å². The van der Waals surface area contributed by atoms with Crippen LogP contribution in [0, 0.1) is 13.8 Å². The van der Waals surface area contributed by atoms with Crippen molar-refractivity contribution in [2.75, 3.05) is 13.2 Å². The molecular formula is C22H23N3O3. The number of benzene rings is 2. The van der Waals surface area contributed by atoms with Crippen molar-refractivity contribution in [1.29, 1.82) is 0 Å². The molecule has 2 N–H and O–H groups in total. The molecule has 6 heteroatoms. The molecule has 1 heterocycles. The quantitative estimate of drug-likeness (QED) is 0.661. The van der Waals surface area contributed by atoms with Gasteiger partial charge in [0.05, 0.1) is 5.56 Å². The van der Waals surface area contributed by atoms with E-state index in [-0.39, 0.29) is 19.1 Å². The predicted molar refractivity (Wildman–Crippen MR) is 107 cm³/mol. The largest absolute Gasteiger partial charge is 0.490 e. The number of aliphatic hydroxyl groups excluding tert-OH is 1. The van der Waals surface area contributed by atoms with Crippen LogP contribution in [0.15, 0.2) is 60.9 Å². The highest BCUT2D eigenvalue weighted by Crippen LogP contribution is 2.22. The normalized spacial score (nSPS) is 11.7. The lowest BCUT2D eigenvalue weighted by Gasteiger charge is -2.16. The Balaban J connectivity index is 1.51. The van der Waals surface area contributed by atoms with Gasteiger partial charge in [-0.25, -0.2) is 9.97 Å². The number of nitrogens with zero attached hydrogens (tertiary/aromatic N) is 2. The second kappa shape index (κ2) is 9.10. The number of carbonyl (C=O) groups is 1. The molecule has 0 radical (unpaired) electrons. The molecule has 3 rings (SSSR count). The number of aromatic nitrogens is 2. The third-order valence-electron chi connectivity index (χ3n) is 4.27. The summed E-state index contributed by atoms with van der Waals surface area (Å²) in [5, 5.41) is 12.8. The van der Waals surface area contributed by atoms with Gasteiger partial charge in [-0.3, -0.25) is 4.79 Å². The van der Waals surface area contributed by atoms with E-state index < -0.39 is 6.10 Å². The fraction of sp³-hybridized carbons (Fsp3) is 0.227. The number of aliphatic hydroxyl groups is 1. The molecule has 0 spiro atoms. The second-order valence-corrected chi connectivity index (χ2v) is 6.56. The van der Waals surface area contributed by atoms with E-state index in [9.17, 15) is 9.90 Å². The maximum atomic E-state index is 12.2. The van der Waals surface area contributed by atoms with Crippen LogP contribution in [0.2, 0.25) is 0 Å². The number of carbonyl (C=O) groups excluding carboxylic acids is 1. The highest BCUT2D eigenvalue weighted by atomic mass is 16.5. The van der Waals surface area contributed by atoms with Crippen molar-refractivity contribution < 1.29 is 14.6 Å². The van der Waals surface area contributed by atoms with Crippen molar-refractivity contribution in [2.24, 2.45) is 0 Å². The Labute approximate surface area is 164 Å². The molecule has 0 saturated carbocycles. The Morgan fingerprint density at radius 3 is 2.32 bits per heavy atom. The van der Waals surface area contributed by atoms with Crippen molar-refractivity contribution in [2.45, 2.75) is 20.0 Å². The van der Waals surface area contributed by atoms with E-state index >= 15 is 0 Å². The first-order valence-corrected chi connectivity index (χ1v) is 9.07. The minimum absolute atomic E-state index is 0.0736. The van der Waals surface area contributed by atoms with Crippen molar-refractivity contribution in [3.8, 4) is 17.1 Å². The maximum absolute atomic E-state index is 12.2. The van der Waals surface area contributed by atoms with Gasteiger partial charge in [0.25, 0.3) is 5.91 Å². The lowest BCUT2D eigenvalue weighted by Crippen LogP contribution is -2.35. The van der Waals surface area contributed by atoms with Crippen molar-refractivity contribution >= 4 is 5.91 Å². The van der Waals surface area contributed by atoms with Gasteiger partial charge in [0.1, 0.15) is 18.5 Å². The second-order valence-electron chi connectivity index (χ2n) is 6.56. The molecule has 144 valence electrons. The minimum Gasteiger partial charge on any atom is -0.490 e. The average molecular weight is 377 g/mol. The molecule has 1 aromatic heterocycles. The molecule has 0 aliphatic heterocycles. The summed E-state index contributed by atoms with van der Waals surface area (Å²) < 4.78 is 5.71. The molecule has 3 aromatic rings. The number of aryl methyl sites for hydroxylation is 2. The lowest BCUT2D eigenvalue weighted by atomic mass is 10.1. The average Bonchev–Trinajstić information content (AvgIpc) is 2.72. The lowest BCUT2D eigenvalue weighted by molar-refractivity contribution is 0.0841. The molecule has 28 heavy (non-hydrogen) atoms. The van der Waals surface area contributed by atoms with Crippen LogP contribution < -0.4 is 10.1 Å². The van der Waals surface area contributed by atoms with Gasteiger partial charge in [-0.2, -0.15) is 0 Å². The van der Waals surface area contributed by atoms with Crippen LogP contribution in [-0.4, -0.2) is 40.2 Å². The van der Waals surface area contributed by atoms with Gasteiger partial charge < -0.3 is 15.2 Å². The van der Waals surface area contributed by atoms with E-state index in [0.29, 0.717) is 11.4 Å². The number of ether oxygens (including phenoxy) is 1. The van der Waals surface area contributed by atoms with Crippen molar-refractivity contribution in [1.82, 2.24) is 15.3 Å². The molecule has 0 fully saturated rings. The molecule has 1 amide bonds. The predicted octanol–water partition coefficient (Wildman–Crippen LogP) is 2.93.